The second kappa shape index (κ2) is 5.98. The van der Waals surface area contributed by atoms with E-state index in [4.69, 9.17) is 0 Å². The fraction of sp³-hybridized carbons (Fsp3) is 0.500. The van der Waals surface area contributed by atoms with E-state index in [2.05, 4.69) is 20.4 Å². The lowest BCUT2D eigenvalue weighted by atomic mass is 10.2. The molecule has 1 unspecified atom stereocenters. The second-order valence-corrected chi connectivity index (χ2v) is 6.25. The number of rotatable bonds is 4. The molecule has 0 aliphatic carbocycles. The molecule has 122 valence electrons. The summed E-state index contributed by atoms with van der Waals surface area (Å²) >= 11 is 0. The molecular formula is C16H22N6O. The monoisotopic (exact) mass is 314 g/mol. The molecule has 1 atom stereocenters. The smallest absolute Gasteiger partial charge is 0.225 e. The van der Waals surface area contributed by atoms with Gasteiger partial charge in [-0.25, -0.2) is 9.97 Å². The van der Waals surface area contributed by atoms with Crippen molar-refractivity contribution in [3.8, 4) is 11.3 Å². The Hall–Kier alpha value is -2.44. The first-order valence-electron chi connectivity index (χ1n) is 7.83. The molecule has 0 spiro atoms. The maximum Gasteiger partial charge on any atom is 0.225 e. The van der Waals surface area contributed by atoms with Crippen LogP contribution in [-0.2, 0) is 11.8 Å². The van der Waals surface area contributed by atoms with Crippen molar-refractivity contribution in [3.63, 3.8) is 0 Å². The first-order valence-corrected chi connectivity index (χ1v) is 7.83. The Morgan fingerprint density at radius 1 is 1.39 bits per heavy atom. The molecule has 1 amide bonds. The van der Waals surface area contributed by atoms with Crippen LogP contribution in [0.2, 0.25) is 0 Å². The predicted molar refractivity (Wildman–Crippen MR) is 87.8 cm³/mol. The third kappa shape index (κ3) is 3.18. The van der Waals surface area contributed by atoms with Gasteiger partial charge < -0.3 is 10.2 Å². The summed E-state index contributed by atoms with van der Waals surface area (Å²) in [5.41, 5.74) is 2.75. The molecule has 2 aromatic rings. The Balaban J connectivity index is 1.76. The quantitative estimate of drug-likeness (QED) is 0.928. The summed E-state index contributed by atoms with van der Waals surface area (Å²) in [6.07, 6.45) is 4.16. The Bertz CT molecular complexity index is 723. The van der Waals surface area contributed by atoms with Gasteiger partial charge in [0.2, 0.25) is 11.9 Å². The number of nitrogens with one attached hydrogen (secondary N) is 1. The van der Waals surface area contributed by atoms with Crippen LogP contribution in [-0.4, -0.2) is 49.2 Å². The molecule has 0 aromatic carbocycles. The molecule has 7 heteroatoms. The lowest BCUT2D eigenvalue weighted by Gasteiger charge is -2.21. The van der Waals surface area contributed by atoms with Crippen LogP contribution in [0.15, 0.2) is 18.5 Å². The summed E-state index contributed by atoms with van der Waals surface area (Å²) < 4.78 is 1.77. The van der Waals surface area contributed by atoms with E-state index in [0.29, 0.717) is 18.9 Å². The highest BCUT2D eigenvalue weighted by Crippen LogP contribution is 2.22. The van der Waals surface area contributed by atoms with Gasteiger partial charge >= 0.3 is 0 Å². The second-order valence-electron chi connectivity index (χ2n) is 6.25. The molecule has 3 rings (SSSR count). The normalized spacial score (nSPS) is 18.0. The highest BCUT2D eigenvalue weighted by Gasteiger charge is 2.31. The Kier molecular flexibility index (Phi) is 4.02. The van der Waals surface area contributed by atoms with Crippen molar-refractivity contribution in [2.45, 2.75) is 39.3 Å². The van der Waals surface area contributed by atoms with Crippen LogP contribution in [0.4, 0.5) is 5.95 Å². The van der Waals surface area contributed by atoms with E-state index in [9.17, 15) is 4.79 Å². The number of hydrogen-bond donors (Lipinski definition) is 1. The van der Waals surface area contributed by atoms with E-state index in [1.807, 2.05) is 45.0 Å². The van der Waals surface area contributed by atoms with Crippen LogP contribution >= 0.6 is 0 Å². The number of amides is 1. The minimum atomic E-state index is 0.0511. The van der Waals surface area contributed by atoms with Crippen molar-refractivity contribution in [3.05, 3.63) is 24.2 Å². The van der Waals surface area contributed by atoms with Crippen molar-refractivity contribution in [2.75, 3.05) is 11.9 Å². The van der Waals surface area contributed by atoms with Gasteiger partial charge in [-0.3, -0.25) is 9.48 Å². The molecule has 0 bridgehead atoms. The summed E-state index contributed by atoms with van der Waals surface area (Å²) in [6, 6.07) is 2.14. The van der Waals surface area contributed by atoms with E-state index < -0.39 is 0 Å². The third-order valence-electron chi connectivity index (χ3n) is 4.06. The Morgan fingerprint density at radius 3 is 2.78 bits per heavy atom. The summed E-state index contributed by atoms with van der Waals surface area (Å²) in [5.74, 6) is 0.728. The maximum atomic E-state index is 12.0. The number of aromatic nitrogens is 4. The first kappa shape index (κ1) is 15.5. The molecule has 3 heterocycles. The average Bonchev–Trinajstić information content (AvgIpc) is 3.01. The van der Waals surface area contributed by atoms with Crippen molar-refractivity contribution in [2.24, 2.45) is 7.05 Å². The van der Waals surface area contributed by atoms with Crippen LogP contribution in [0.25, 0.3) is 11.3 Å². The molecule has 1 fully saturated rings. The zero-order valence-corrected chi connectivity index (χ0v) is 13.9. The third-order valence-corrected chi connectivity index (χ3v) is 4.06. The van der Waals surface area contributed by atoms with E-state index >= 15 is 0 Å². The van der Waals surface area contributed by atoms with Crippen molar-refractivity contribution in [1.29, 1.82) is 0 Å². The van der Waals surface area contributed by atoms with Crippen LogP contribution < -0.4 is 5.32 Å². The Morgan fingerprint density at radius 2 is 2.17 bits per heavy atom. The van der Waals surface area contributed by atoms with E-state index in [0.717, 1.165) is 17.0 Å². The fourth-order valence-electron chi connectivity index (χ4n) is 2.94. The molecular weight excluding hydrogens is 292 g/mol. The van der Waals surface area contributed by atoms with Crippen LogP contribution in [0, 0.1) is 6.92 Å². The highest BCUT2D eigenvalue weighted by atomic mass is 16.2. The summed E-state index contributed by atoms with van der Waals surface area (Å²) in [4.78, 5) is 22.7. The van der Waals surface area contributed by atoms with E-state index in [-0.39, 0.29) is 18.0 Å². The van der Waals surface area contributed by atoms with Gasteiger partial charge in [-0.15, -0.1) is 0 Å². The number of hydrogen-bond acceptors (Lipinski definition) is 5. The van der Waals surface area contributed by atoms with Gasteiger partial charge in [0.05, 0.1) is 17.4 Å². The number of aryl methyl sites for hydroxylation is 2. The van der Waals surface area contributed by atoms with Gasteiger partial charge in [-0.1, -0.05) is 0 Å². The van der Waals surface area contributed by atoms with Crippen LogP contribution in [0.1, 0.15) is 26.0 Å². The standard InChI is InChI=1S/C16H22N6O/c1-10(2)22-8-12(7-15(22)23)18-16-17-6-5-14(19-16)13-9-21(4)20-11(13)3/h5-6,9-10,12H,7-8H2,1-4H3,(H,17,18,19). The lowest BCUT2D eigenvalue weighted by Crippen LogP contribution is -2.33. The molecule has 2 aromatic heterocycles. The zero-order chi connectivity index (χ0) is 16.6. The minimum Gasteiger partial charge on any atom is -0.349 e. The highest BCUT2D eigenvalue weighted by molar-refractivity contribution is 5.80. The summed E-state index contributed by atoms with van der Waals surface area (Å²) in [7, 11) is 1.89. The summed E-state index contributed by atoms with van der Waals surface area (Å²) in [6.45, 7) is 6.71. The van der Waals surface area contributed by atoms with Crippen molar-refractivity contribution in [1.82, 2.24) is 24.6 Å². The largest absolute Gasteiger partial charge is 0.349 e. The number of likely N-dealkylation sites (tertiary alicyclic amines) is 1. The predicted octanol–water partition coefficient (Wildman–Crippen LogP) is 1.61. The number of carbonyl (C=O) groups excluding carboxylic acids is 1. The van der Waals surface area contributed by atoms with Gasteiger partial charge in [0.25, 0.3) is 0 Å². The molecule has 0 saturated carbocycles. The molecule has 1 N–H and O–H groups in total. The van der Waals surface area contributed by atoms with Gasteiger partial charge in [0, 0.05) is 44.0 Å². The van der Waals surface area contributed by atoms with Gasteiger partial charge in [-0.05, 0) is 26.8 Å². The summed E-state index contributed by atoms with van der Waals surface area (Å²) in [5, 5.41) is 7.62. The van der Waals surface area contributed by atoms with Gasteiger partial charge in [0.1, 0.15) is 0 Å². The van der Waals surface area contributed by atoms with Crippen LogP contribution in [0.3, 0.4) is 0 Å². The molecule has 23 heavy (non-hydrogen) atoms. The maximum absolute atomic E-state index is 12.0. The van der Waals surface area contributed by atoms with Crippen molar-refractivity contribution >= 4 is 11.9 Å². The van der Waals surface area contributed by atoms with Gasteiger partial charge in [0.15, 0.2) is 0 Å². The first-order chi connectivity index (χ1) is 10.9. The van der Waals surface area contributed by atoms with Crippen LogP contribution in [0.5, 0.6) is 0 Å². The molecule has 1 saturated heterocycles. The molecule has 1 aliphatic rings. The molecule has 1 aliphatic heterocycles. The fourth-order valence-corrected chi connectivity index (χ4v) is 2.94. The van der Waals surface area contributed by atoms with E-state index in [1.165, 1.54) is 0 Å². The molecule has 7 nitrogen and oxygen atoms in total. The number of anilines is 1. The number of nitrogens with zero attached hydrogens (tertiary/aromatic N) is 5. The zero-order valence-electron chi connectivity index (χ0n) is 13.9. The van der Waals surface area contributed by atoms with Gasteiger partial charge in [-0.2, -0.15) is 5.10 Å². The topological polar surface area (TPSA) is 75.9 Å². The average molecular weight is 314 g/mol. The number of carbonyl (C=O) groups is 1. The Labute approximate surface area is 135 Å². The molecule has 0 radical (unpaired) electrons. The minimum absolute atomic E-state index is 0.0511. The SMILES string of the molecule is Cc1nn(C)cc1-c1ccnc(NC2CC(=O)N(C(C)C)C2)n1. The lowest BCUT2D eigenvalue weighted by molar-refractivity contribution is -0.129. The van der Waals surface area contributed by atoms with E-state index in [1.54, 1.807) is 10.9 Å². The van der Waals surface area contributed by atoms with Crippen molar-refractivity contribution < 1.29 is 4.79 Å².